The van der Waals surface area contributed by atoms with E-state index in [2.05, 4.69) is 15.5 Å². The van der Waals surface area contributed by atoms with Crippen molar-refractivity contribution in [2.75, 3.05) is 5.32 Å². The third-order valence-electron chi connectivity index (χ3n) is 2.06. The van der Waals surface area contributed by atoms with E-state index in [9.17, 15) is 9.59 Å². The van der Waals surface area contributed by atoms with Gasteiger partial charge in [-0.05, 0) is 27.7 Å². The number of amides is 1. The molecule has 0 unspecified atom stereocenters. The van der Waals surface area contributed by atoms with Crippen LogP contribution in [0.4, 0.5) is 5.82 Å². The lowest BCUT2D eigenvalue weighted by Crippen LogP contribution is -2.24. The SMILES string of the molecule is CC=CC=CC(=O)Nc1[nH]ncc1C(=O)OC(C)(C)C. The van der Waals surface area contributed by atoms with Crippen LogP contribution in [0.15, 0.2) is 30.5 Å². The summed E-state index contributed by atoms with van der Waals surface area (Å²) < 4.78 is 5.22. The second-order valence-corrected chi connectivity index (χ2v) is 5.03. The molecule has 0 aromatic carbocycles. The van der Waals surface area contributed by atoms with Crippen molar-refractivity contribution >= 4 is 17.7 Å². The Bertz CT molecular complexity index is 536. The van der Waals surface area contributed by atoms with E-state index in [4.69, 9.17) is 4.74 Å². The van der Waals surface area contributed by atoms with Crippen LogP contribution < -0.4 is 5.32 Å². The molecular weight excluding hydrogens is 258 g/mol. The number of hydrogen-bond donors (Lipinski definition) is 2. The van der Waals surface area contributed by atoms with Crippen LogP contribution in [-0.2, 0) is 9.53 Å². The first-order valence-electron chi connectivity index (χ1n) is 6.20. The molecule has 0 saturated heterocycles. The molecule has 0 fully saturated rings. The molecule has 108 valence electrons. The predicted molar refractivity (Wildman–Crippen MR) is 76.3 cm³/mol. The molecule has 1 aromatic rings. The fourth-order valence-corrected chi connectivity index (χ4v) is 1.29. The molecule has 0 saturated carbocycles. The maximum absolute atomic E-state index is 11.9. The number of aromatic nitrogens is 2. The maximum atomic E-state index is 11.9. The van der Waals surface area contributed by atoms with Crippen LogP contribution in [-0.4, -0.2) is 27.7 Å². The molecule has 1 heterocycles. The molecule has 1 aromatic heterocycles. The Morgan fingerprint density at radius 1 is 1.35 bits per heavy atom. The highest BCUT2D eigenvalue weighted by Crippen LogP contribution is 2.17. The normalized spacial score (nSPS) is 12.0. The van der Waals surface area contributed by atoms with E-state index in [0.717, 1.165) is 0 Å². The molecule has 0 atom stereocenters. The lowest BCUT2D eigenvalue weighted by molar-refractivity contribution is -0.111. The van der Waals surface area contributed by atoms with E-state index in [1.54, 1.807) is 39.0 Å². The fourth-order valence-electron chi connectivity index (χ4n) is 1.29. The Kier molecular flexibility index (Phi) is 5.25. The van der Waals surface area contributed by atoms with Crippen molar-refractivity contribution in [1.82, 2.24) is 10.2 Å². The minimum Gasteiger partial charge on any atom is -0.456 e. The second-order valence-electron chi connectivity index (χ2n) is 5.03. The monoisotopic (exact) mass is 277 g/mol. The van der Waals surface area contributed by atoms with E-state index in [0.29, 0.717) is 0 Å². The molecule has 1 rings (SSSR count). The molecule has 6 heteroatoms. The van der Waals surface area contributed by atoms with Gasteiger partial charge in [-0.25, -0.2) is 4.79 Å². The highest BCUT2D eigenvalue weighted by atomic mass is 16.6. The topological polar surface area (TPSA) is 84.1 Å². The quantitative estimate of drug-likeness (QED) is 0.503. The van der Waals surface area contributed by atoms with Crippen LogP contribution in [0.25, 0.3) is 0 Å². The van der Waals surface area contributed by atoms with E-state index < -0.39 is 11.6 Å². The minimum absolute atomic E-state index is 0.188. The molecule has 0 spiro atoms. The van der Waals surface area contributed by atoms with Gasteiger partial charge in [-0.15, -0.1) is 0 Å². The van der Waals surface area contributed by atoms with Crippen LogP contribution in [0, 0.1) is 0 Å². The number of carbonyl (C=O) groups is 2. The lowest BCUT2D eigenvalue weighted by Gasteiger charge is -2.19. The van der Waals surface area contributed by atoms with Crippen molar-refractivity contribution in [3.05, 3.63) is 36.1 Å². The number of nitrogens with one attached hydrogen (secondary N) is 2. The number of allylic oxidation sites excluding steroid dienone is 3. The number of nitrogens with zero attached hydrogens (tertiary/aromatic N) is 1. The first-order valence-corrected chi connectivity index (χ1v) is 6.20. The number of ether oxygens (including phenoxy) is 1. The average Bonchev–Trinajstić information content (AvgIpc) is 2.75. The molecule has 2 N–H and O–H groups in total. The van der Waals surface area contributed by atoms with E-state index in [-0.39, 0.29) is 17.3 Å². The Morgan fingerprint density at radius 3 is 2.65 bits per heavy atom. The highest BCUT2D eigenvalue weighted by Gasteiger charge is 2.22. The van der Waals surface area contributed by atoms with Crippen molar-refractivity contribution in [2.24, 2.45) is 0 Å². The third-order valence-corrected chi connectivity index (χ3v) is 2.06. The van der Waals surface area contributed by atoms with E-state index in [1.807, 2.05) is 6.92 Å². The Morgan fingerprint density at radius 2 is 2.05 bits per heavy atom. The number of rotatable bonds is 4. The van der Waals surface area contributed by atoms with Gasteiger partial charge in [0.05, 0.1) is 6.20 Å². The second kappa shape index (κ2) is 6.70. The number of hydrogen-bond acceptors (Lipinski definition) is 4. The molecule has 0 radical (unpaired) electrons. The van der Waals surface area contributed by atoms with Crippen LogP contribution >= 0.6 is 0 Å². The molecule has 0 bridgehead atoms. The summed E-state index contributed by atoms with van der Waals surface area (Å²) in [6.07, 6.45) is 7.78. The van der Waals surface area contributed by atoms with Crippen LogP contribution in [0.1, 0.15) is 38.1 Å². The summed E-state index contributed by atoms with van der Waals surface area (Å²) in [4.78, 5) is 23.5. The van der Waals surface area contributed by atoms with Gasteiger partial charge in [0, 0.05) is 6.08 Å². The molecule has 1 amide bonds. The summed E-state index contributed by atoms with van der Waals surface area (Å²) in [5, 5.41) is 8.84. The van der Waals surface area contributed by atoms with Gasteiger partial charge in [0.25, 0.3) is 0 Å². The fraction of sp³-hybridized carbons (Fsp3) is 0.357. The number of esters is 1. The van der Waals surface area contributed by atoms with Crippen molar-refractivity contribution in [2.45, 2.75) is 33.3 Å². The first kappa shape index (κ1) is 15.7. The van der Waals surface area contributed by atoms with Crippen LogP contribution in [0.3, 0.4) is 0 Å². The van der Waals surface area contributed by atoms with Gasteiger partial charge in [-0.3, -0.25) is 9.89 Å². The molecular formula is C14H19N3O3. The first-order chi connectivity index (χ1) is 9.33. The van der Waals surface area contributed by atoms with Crippen molar-refractivity contribution in [1.29, 1.82) is 0 Å². The molecule has 0 aliphatic rings. The number of H-pyrrole nitrogens is 1. The maximum Gasteiger partial charge on any atom is 0.344 e. The van der Waals surface area contributed by atoms with Gasteiger partial charge in [-0.1, -0.05) is 18.2 Å². The Labute approximate surface area is 117 Å². The van der Waals surface area contributed by atoms with Gasteiger partial charge < -0.3 is 10.1 Å². The number of carbonyl (C=O) groups excluding carboxylic acids is 2. The van der Waals surface area contributed by atoms with E-state index >= 15 is 0 Å². The van der Waals surface area contributed by atoms with Gasteiger partial charge >= 0.3 is 5.97 Å². The lowest BCUT2D eigenvalue weighted by atomic mass is 10.2. The summed E-state index contributed by atoms with van der Waals surface area (Å²) in [5.74, 6) is -0.689. The van der Waals surface area contributed by atoms with Gasteiger partial charge in [-0.2, -0.15) is 5.10 Å². The smallest absolute Gasteiger partial charge is 0.344 e. The van der Waals surface area contributed by atoms with Crippen molar-refractivity contribution in [3.63, 3.8) is 0 Å². The molecule has 20 heavy (non-hydrogen) atoms. The predicted octanol–water partition coefficient (Wildman–Crippen LogP) is 2.44. The van der Waals surface area contributed by atoms with Crippen molar-refractivity contribution < 1.29 is 14.3 Å². The Hall–Kier alpha value is -2.37. The zero-order valence-electron chi connectivity index (χ0n) is 12.1. The highest BCUT2D eigenvalue weighted by molar-refractivity contribution is 6.03. The standard InChI is InChI=1S/C14H19N3O3/c1-5-6-7-8-11(18)16-12-10(9-15-17-12)13(19)20-14(2,3)4/h5-9H,1-4H3,(H2,15,16,17,18). The molecule has 6 nitrogen and oxygen atoms in total. The summed E-state index contributed by atoms with van der Waals surface area (Å²) >= 11 is 0. The third kappa shape index (κ3) is 5.09. The number of anilines is 1. The Balaban J connectivity index is 2.77. The van der Waals surface area contributed by atoms with Crippen LogP contribution in [0.2, 0.25) is 0 Å². The zero-order chi connectivity index (χ0) is 15.2. The number of aromatic amines is 1. The largest absolute Gasteiger partial charge is 0.456 e. The molecule has 0 aliphatic carbocycles. The average molecular weight is 277 g/mol. The van der Waals surface area contributed by atoms with Gasteiger partial charge in [0.1, 0.15) is 17.0 Å². The summed E-state index contributed by atoms with van der Waals surface area (Å²) in [5.41, 5.74) is -0.422. The van der Waals surface area contributed by atoms with Gasteiger partial charge in [0.2, 0.25) is 5.91 Å². The summed E-state index contributed by atoms with van der Waals surface area (Å²) in [6, 6.07) is 0. The van der Waals surface area contributed by atoms with E-state index in [1.165, 1.54) is 12.3 Å². The summed E-state index contributed by atoms with van der Waals surface area (Å²) in [7, 11) is 0. The van der Waals surface area contributed by atoms with Gasteiger partial charge in [0.15, 0.2) is 0 Å². The van der Waals surface area contributed by atoms with Crippen molar-refractivity contribution in [3.8, 4) is 0 Å². The minimum atomic E-state index is -0.610. The summed E-state index contributed by atoms with van der Waals surface area (Å²) in [6.45, 7) is 7.15. The molecule has 0 aliphatic heterocycles. The zero-order valence-corrected chi connectivity index (χ0v) is 12.1. The van der Waals surface area contributed by atoms with Crippen LogP contribution in [0.5, 0.6) is 0 Å².